The first-order chi connectivity index (χ1) is 9.83. The number of hydrogen-bond donors (Lipinski definition) is 2. The molecular formula is C16H19N3O. The van der Waals surface area contributed by atoms with Crippen LogP contribution in [-0.4, -0.2) is 26.2 Å². The molecule has 0 radical (unpaired) electrons. The van der Waals surface area contributed by atoms with E-state index in [-0.39, 0.29) is 0 Å². The van der Waals surface area contributed by atoms with Crippen LogP contribution in [0.3, 0.4) is 0 Å². The summed E-state index contributed by atoms with van der Waals surface area (Å²) in [5, 5.41) is 3.34. The summed E-state index contributed by atoms with van der Waals surface area (Å²) in [6, 6.07) is 15.6. The summed E-state index contributed by atoms with van der Waals surface area (Å²) in [5.74, 6) is 1.59. The third-order valence-corrected chi connectivity index (χ3v) is 3.44. The van der Waals surface area contributed by atoms with Crippen molar-refractivity contribution in [3.63, 3.8) is 0 Å². The van der Waals surface area contributed by atoms with Gasteiger partial charge in [-0.3, -0.25) is 0 Å². The Bertz CT molecular complexity index is 565. The Morgan fingerprint density at radius 3 is 2.40 bits per heavy atom. The second-order valence-corrected chi connectivity index (χ2v) is 4.87. The zero-order chi connectivity index (χ0) is 13.8. The summed E-state index contributed by atoms with van der Waals surface area (Å²) < 4.78 is 5.79. The van der Waals surface area contributed by atoms with E-state index in [1.54, 1.807) is 0 Å². The van der Waals surface area contributed by atoms with Crippen molar-refractivity contribution < 1.29 is 4.74 Å². The van der Waals surface area contributed by atoms with Crippen molar-refractivity contribution in [3.8, 4) is 11.5 Å². The molecule has 1 saturated heterocycles. The maximum atomic E-state index is 6.16. The van der Waals surface area contributed by atoms with Gasteiger partial charge in [0.15, 0.2) is 0 Å². The minimum Gasteiger partial charge on any atom is -0.457 e. The van der Waals surface area contributed by atoms with Gasteiger partial charge in [0.25, 0.3) is 0 Å². The molecule has 0 atom stereocenters. The lowest BCUT2D eigenvalue weighted by Crippen LogP contribution is -2.43. The van der Waals surface area contributed by atoms with Gasteiger partial charge in [0.05, 0.1) is 11.4 Å². The van der Waals surface area contributed by atoms with Crippen LogP contribution in [0.25, 0.3) is 0 Å². The van der Waals surface area contributed by atoms with Crippen LogP contribution < -0.4 is 20.7 Å². The van der Waals surface area contributed by atoms with Gasteiger partial charge in [0.1, 0.15) is 11.5 Å². The molecule has 0 bridgehead atoms. The monoisotopic (exact) mass is 269 g/mol. The molecule has 1 aliphatic rings. The first kappa shape index (κ1) is 12.8. The van der Waals surface area contributed by atoms with Crippen LogP contribution in [-0.2, 0) is 0 Å². The highest BCUT2D eigenvalue weighted by Crippen LogP contribution is 2.30. The van der Waals surface area contributed by atoms with Gasteiger partial charge in [-0.25, -0.2) is 0 Å². The molecule has 4 heteroatoms. The molecule has 2 aromatic rings. The van der Waals surface area contributed by atoms with Crippen LogP contribution in [0.5, 0.6) is 11.5 Å². The van der Waals surface area contributed by atoms with Crippen LogP contribution in [0.1, 0.15) is 0 Å². The number of benzene rings is 2. The van der Waals surface area contributed by atoms with Gasteiger partial charge in [-0.15, -0.1) is 0 Å². The van der Waals surface area contributed by atoms with E-state index < -0.39 is 0 Å². The summed E-state index contributed by atoms with van der Waals surface area (Å²) in [6.07, 6.45) is 0. The quantitative estimate of drug-likeness (QED) is 0.840. The van der Waals surface area contributed by atoms with Gasteiger partial charge in [0, 0.05) is 32.2 Å². The summed E-state index contributed by atoms with van der Waals surface area (Å²) in [5.41, 5.74) is 8.02. The first-order valence-electron chi connectivity index (χ1n) is 6.91. The number of para-hydroxylation sites is 1. The molecule has 0 saturated carbocycles. The third kappa shape index (κ3) is 2.86. The van der Waals surface area contributed by atoms with Crippen LogP contribution in [0.15, 0.2) is 48.5 Å². The Morgan fingerprint density at radius 2 is 1.70 bits per heavy atom. The molecule has 1 heterocycles. The summed E-state index contributed by atoms with van der Waals surface area (Å²) in [6.45, 7) is 3.98. The predicted octanol–water partition coefficient (Wildman–Crippen LogP) is 2.47. The zero-order valence-corrected chi connectivity index (χ0v) is 11.4. The van der Waals surface area contributed by atoms with E-state index in [4.69, 9.17) is 10.5 Å². The third-order valence-electron chi connectivity index (χ3n) is 3.44. The molecular weight excluding hydrogens is 250 g/mol. The molecule has 2 aromatic carbocycles. The lowest BCUT2D eigenvalue weighted by atomic mass is 10.2. The fourth-order valence-corrected chi connectivity index (χ4v) is 2.41. The smallest absolute Gasteiger partial charge is 0.129 e. The molecule has 3 rings (SSSR count). The van der Waals surface area contributed by atoms with E-state index in [1.807, 2.05) is 48.5 Å². The van der Waals surface area contributed by atoms with Crippen molar-refractivity contribution in [2.45, 2.75) is 0 Å². The van der Waals surface area contributed by atoms with Crippen LogP contribution >= 0.6 is 0 Å². The van der Waals surface area contributed by atoms with Gasteiger partial charge in [-0.05, 0) is 24.3 Å². The molecule has 0 unspecified atom stereocenters. The van der Waals surface area contributed by atoms with Crippen molar-refractivity contribution in [2.24, 2.45) is 0 Å². The molecule has 0 aromatic heterocycles. The van der Waals surface area contributed by atoms with E-state index in [0.717, 1.165) is 49.1 Å². The Labute approximate surface area is 119 Å². The number of piperazine rings is 1. The Morgan fingerprint density at radius 1 is 0.950 bits per heavy atom. The summed E-state index contributed by atoms with van der Waals surface area (Å²) in [7, 11) is 0. The van der Waals surface area contributed by atoms with E-state index in [9.17, 15) is 0 Å². The molecule has 0 amide bonds. The molecule has 1 aliphatic heterocycles. The molecule has 0 aliphatic carbocycles. The van der Waals surface area contributed by atoms with Crippen LogP contribution in [0.2, 0.25) is 0 Å². The number of anilines is 2. The molecule has 104 valence electrons. The minimum atomic E-state index is 0.764. The van der Waals surface area contributed by atoms with Gasteiger partial charge in [-0.1, -0.05) is 18.2 Å². The highest BCUT2D eigenvalue weighted by molar-refractivity contribution is 5.70. The molecule has 0 spiro atoms. The SMILES string of the molecule is Nc1cc(Oc2ccccc2)ccc1N1CCNCC1. The van der Waals surface area contributed by atoms with E-state index >= 15 is 0 Å². The lowest BCUT2D eigenvalue weighted by Gasteiger charge is -2.30. The number of hydrogen-bond acceptors (Lipinski definition) is 4. The Balaban J connectivity index is 1.77. The second kappa shape index (κ2) is 5.84. The molecule has 4 nitrogen and oxygen atoms in total. The number of rotatable bonds is 3. The van der Waals surface area contributed by atoms with Crippen molar-refractivity contribution in [2.75, 3.05) is 36.8 Å². The highest BCUT2D eigenvalue weighted by Gasteiger charge is 2.13. The Kier molecular flexibility index (Phi) is 3.74. The number of nitrogens with one attached hydrogen (secondary N) is 1. The number of nitrogen functional groups attached to an aromatic ring is 1. The van der Waals surface area contributed by atoms with Crippen LogP contribution in [0, 0.1) is 0 Å². The number of nitrogens with zero attached hydrogens (tertiary/aromatic N) is 1. The van der Waals surface area contributed by atoms with Crippen molar-refractivity contribution >= 4 is 11.4 Å². The van der Waals surface area contributed by atoms with Crippen molar-refractivity contribution in [1.29, 1.82) is 0 Å². The molecule has 20 heavy (non-hydrogen) atoms. The maximum absolute atomic E-state index is 6.16. The summed E-state index contributed by atoms with van der Waals surface area (Å²) >= 11 is 0. The van der Waals surface area contributed by atoms with Gasteiger partial charge in [0.2, 0.25) is 0 Å². The molecule has 3 N–H and O–H groups in total. The second-order valence-electron chi connectivity index (χ2n) is 4.87. The fourth-order valence-electron chi connectivity index (χ4n) is 2.41. The lowest BCUT2D eigenvalue weighted by molar-refractivity contribution is 0.483. The zero-order valence-electron chi connectivity index (χ0n) is 11.4. The number of nitrogens with two attached hydrogens (primary N) is 1. The average Bonchev–Trinajstić information content (AvgIpc) is 2.49. The van der Waals surface area contributed by atoms with Crippen molar-refractivity contribution in [3.05, 3.63) is 48.5 Å². The topological polar surface area (TPSA) is 50.5 Å². The Hall–Kier alpha value is -2.20. The van der Waals surface area contributed by atoms with E-state index in [2.05, 4.69) is 10.2 Å². The minimum absolute atomic E-state index is 0.764. The van der Waals surface area contributed by atoms with Gasteiger partial charge in [-0.2, -0.15) is 0 Å². The van der Waals surface area contributed by atoms with Gasteiger partial charge >= 0.3 is 0 Å². The summed E-state index contributed by atoms with van der Waals surface area (Å²) in [4.78, 5) is 2.30. The van der Waals surface area contributed by atoms with Crippen LogP contribution in [0.4, 0.5) is 11.4 Å². The maximum Gasteiger partial charge on any atom is 0.129 e. The van der Waals surface area contributed by atoms with E-state index in [0.29, 0.717) is 0 Å². The van der Waals surface area contributed by atoms with E-state index in [1.165, 1.54) is 0 Å². The fraction of sp³-hybridized carbons (Fsp3) is 0.250. The predicted molar refractivity (Wildman–Crippen MR) is 82.5 cm³/mol. The average molecular weight is 269 g/mol. The largest absolute Gasteiger partial charge is 0.457 e. The standard InChI is InChI=1S/C16H19N3O/c17-15-12-14(20-13-4-2-1-3-5-13)6-7-16(15)19-10-8-18-9-11-19/h1-7,12,18H,8-11,17H2. The van der Waals surface area contributed by atoms with Gasteiger partial charge < -0.3 is 20.7 Å². The highest BCUT2D eigenvalue weighted by atomic mass is 16.5. The normalized spacial score (nSPS) is 15.1. The first-order valence-corrected chi connectivity index (χ1v) is 6.91. The number of ether oxygens (including phenoxy) is 1. The molecule has 1 fully saturated rings. The van der Waals surface area contributed by atoms with Crippen molar-refractivity contribution in [1.82, 2.24) is 5.32 Å².